The Hall–Kier alpha value is -4.04. The summed E-state index contributed by atoms with van der Waals surface area (Å²) < 4.78 is 18.6. The largest absolute Gasteiger partial charge is 0.455 e. The molecule has 55 heavy (non-hydrogen) atoms. The van der Waals surface area contributed by atoms with E-state index in [0.717, 1.165) is 18.8 Å². The van der Waals surface area contributed by atoms with Gasteiger partial charge in [-0.3, -0.25) is 19.2 Å². The van der Waals surface area contributed by atoms with Crippen LogP contribution in [0.2, 0.25) is 0 Å². The third-order valence-electron chi connectivity index (χ3n) is 11.2. The zero-order valence-electron chi connectivity index (χ0n) is 32.3. The Kier molecular flexibility index (Phi) is 14.3. The van der Waals surface area contributed by atoms with Gasteiger partial charge in [-0.1, -0.05) is 65.3 Å². The summed E-state index contributed by atoms with van der Waals surface area (Å²) >= 11 is 3.75. The second-order valence-electron chi connectivity index (χ2n) is 14.3. The predicted molar refractivity (Wildman–Crippen MR) is 215 cm³/mol. The van der Waals surface area contributed by atoms with E-state index >= 15 is 4.79 Å². The van der Waals surface area contributed by atoms with Crippen LogP contribution in [0.3, 0.4) is 0 Å². The monoisotopic (exact) mass is 822 g/mol. The Morgan fingerprint density at radius 2 is 1.75 bits per heavy atom. The number of likely N-dealkylation sites (tertiary alicyclic amines) is 1. The highest BCUT2D eigenvalue weighted by atomic mass is 79.9. The molecule has 0 radical (unpaired) electrons. The van der Waals surface area contributed by atoms with E-state index in [-0.39, 0.29) is 43.3 Å². The number of alkyl halides is 1. The molecule has 2 N–H and O–H groups in total. The number of carbonyl (C=O) groups is 4. The molecule has 0 saturated carbocycles. The van der Waals surface area contributed by atoms with Crippen molar-refractivity contribution in [3.05, 3.63) is 85.5 Å². The van der Waals surface area contributed by atoms with Gasteiger partial charge in [0, 0.05) is 49.4 Å². The molecule has 3 aliphatic heterocycles. The molecule has 2 bridgehead atoms. The standard InChI is InChI=1S/C42H55BrN4O8/c1-7-12-18-33(49)44-32(26-53-6)36(27-16-14-13-15-17-27)54-41(52)34-35-39(50)47(28(9-3)25-48)38(42(35)24-31(43)37(34)55-42)40(51)46(23-8-2)30-21-19-29(20-22-30)45(10-4)11-5/h7-8,13-17,19-22,28,31-32,34-38,48H,1-2,9-12,18,23-26H2,3-6H3,(H,44,49)/t28-,31?,32-,34+,35-,36-,37+,38+,42-/m0/s1. The number of halogens is 1. The first-order valence-electron chi connectivity index (χ1n) is 19.2. The molecule has 1 unspecified atom stereocenters. The van der Waals surface area contributed by atoms with Crippen molar-refractivity contribution in [2.24, 2.45) is 11.8 Å². The van der Waals surface area contributed by atoms with Crippen molar-refractivity contribution in [2.75, 3.05) is 49.8 Å². The molecule has 3 saturated heterocycles. The van der Waals surface area contributed by atoms with Gasteiger partial charge in [-0.15, -0.1) is 13.2 Å². The normalized spacial score (nSPS) is 25.5. The highest BCUT2D eigenvalue weighted by Gasteiger charge is 2.77. The van der Waals surface area contributed by atoms with Crippen molar-refractivity contribution in [1.29, 1.82) is 0 Å². The molecule has 298 valence electrons. The van der Waals surface area contributed by atoms with Crippen LogP contribution >= 0.6 is 15.9 Å². The molecule has 12 nitrogen and oxygen atoms in total. The lowest BCUT2D eigenvalue weighted by Crippen LogP contribution is -2.59. The van der Waals surface area contributed by atoms with Crippen molar-refractivity contribution in [3.8, 4) is 0 Å². The first-order chi connectivity index (χ1) is 26.5. The maximum Gasteiger partial charge on any atom is 0.313 e. The summed E-state index contributed by atoms with van der Waals surface area (Å²) in [5.41, 5.74) is 0.866. The Labute approximate surface area is 333 Å². The number of allylic oxidation sites excluding steroid dienone is 1. The molecule has 1 spiro atoms. The maximum atomic E-state index is 15.1. The van der Waals surface area contributed by atoms with Crippen LogP contribution in [0.5, 0.6) is 0 Å². The van der Waals surface area contributed by atoms with Gasteiger partial charge in [0.15, 0.2) is 0 Å². The minimum absolute atomic E-state index is 0.0404. The maximum absolute atomic E-state index is 15.1. The number of carbonyl (C=O) groups excluding carboxylic acids is 4. The SMILES string of the molecule is C=CCCC(=O)N[C@@H](COC)[C@@H](OC(=O)[C@H]1[C@@H]2O[C@@]3(CC2Br)[C@@H]1C(=O)N([C@@H](CC)CO)[C@@H]3C(=O)N(CC=C)c1ccc(N(CC)CC)cc1)c1ccccc1. The number of nitrogens with one attached hydrogen (secondary N) is 1. The van der Waals surface area contributed by atoms with Crippen LogP contribution in [-0.2, 0) is 33.4 Å². The molecule has 3 amide bonds. The van der Waals surface area contributed by atoms with E-state index in [2.05, 4.69) is 53.2 Å². The third kappa shape index (κ3) is 8.26. The van der Waals surface area contributed by atoms with Gasteiger partial charge in [-0.2, -0.15) is 0 Å². The van der Waals surface area contributed by atoms with E-state index in [4.69, 9.17) is 14.2 Å². The van der Waals surface area contributed by atoms with Gasteiger partial charge in [0.1, 0.15) is 17.7 Å². The lowest BCUT2D eigenvalue weighted by molar-refractivity contribution is -0.163. The predicted octanol–water partition coefficient (Wildman–Crippen LogP) is 4.95. The number of anilines is 2. The first-order valence-corrected chi connectivity index (χ1v) is 20.1. The molecule has 9 atom stereocenters. The van der Waals surface area contributed by atoms with Crippen LogP contribution in [0.15, 0.2) is 79.9 Å². The number of nitrogens with zero attached hydrogens (tertiary/aromatic N) is 3. The Balaban J connectivity index is 1.54. The highest BCUT2D eigenvalue weighted by Crippen LogP contribution is 2.61. The van der Waals surface area contributed by atoms with E-state index in [1.807, 2.05) is 49.4 Å². The van der Waals surface area contributed by atoms with Gasteiger partial charge in [0.05, 0.1) is 43.2 Å². The molecule has 3 heterocycles. The number of aliphatic hydroxyl groups is 1. The second kappa shape index (κ2) is 18.7. The summed E-state index contributed by atoms with van der Waals surface area (Å²) in [6, 6.07) is 14.1. The van der Waals surface area contributed by atoms with Crippen molar-refractivity contribution in [3.63, 3.8) is 0 Å². The first kappa shape index (κ1) is 42.1. The number of methoxy groups -OCH3 is 1. The van der Waals surface area contributed by atoms with Gasteiger partial charge < -0.3 is 39.3 Å². The topological polar surface area (TPSA) is 138 Å². The van der Waals surface area contributed by atoms with Gasteiger partial charge in [-0.05, 0) is 62.9 Å². The molecule has 13 heteroatoms. The molecular formula is C42H55BrN4O8. The van der Waals surface area contributed by atoms with Crippen molar-refractivity contribution >= 4 is 51.0 Å². The number of esters is 1. The fourth-order valence-electron chi connectivity index (χ4n) is 8.58. The molecular weight excluding hydrogens is 768 g/mol. The molecule has 2 aromatic carbocycles. The smallest absolute Gasteiger partial charge is 0.313 e. The summed E-state index contributed by atoms with van der Waals surface area (Å²) in [5, 5.41) is 13.6. The number of fused-ring (bicyclic) bond motifs is 1. The quantitative estimate of drug-likeness (QED) is 0.108. The average Bonchev–Trinajstić information content (AvgIpc) is 3.79. The van der Waals surface area contributed by atoms with E-state index in [0.29, 0.717) is 24.1 Å². The number of ether oxygens (including phenoxy) is 3. The Morgan fingerprint density at radius 1 is 1.07 bits per heavy atom. The van der Waals surface area contributed by atoms with E-state index < -0.39 is 65.6 Å². The molecule has 0 aliphatic carbocycles. The summed E-state index contributed by atoms with van der Waals surface area (Å²) in [6.07, 6.45) is 2.84. The van der Waals surface area contributed by atoms with Crippen molar-refractivity contribution in [2.45, 2.75) is 87.2 Å². The fraction of sp³-hybridized carbons (Fsp3) is 0.524. The van der Waals surface area contributed by atoms with E-state index in [9.17, 15) is 19.5 Å². The summed E-state index contributed by atoms with van der Waals surface area (Å²) in [6.45, 7) is 15.1. The Morgan fingerprint density at radius 3 is 2.33 bits per heavy atom. The van der Waals surface area contributed by atoms with Crippen LogP contribution in [0.1, 0.15) is 58.1 Å². The number of benzene rings is 2. The van der Waals surface area contributed by atoms with Crippen molar-refractivity contribution in [1.82, 2.24) is 10.2 Å². The molecule has 3 aliphatic rings. The summed E-state index contributed by atoms with van der Waals surface area (Å²) in [5.74, 6) is -3.94. The van der Waals surface area contributed by atoms with Gasteiger partial charge in [-0.25, -0.2) is 0 Å². The molecule has 3 fully saturated rings. The highest BCUT2D eigenvalue weighted by molar-refractivity contribution is 9.09. The number of hydrogen-bond acceptors (Lipinski definition) is 9. The van der Waals surface area contributed by atoms with E-state index in [1.165, 1.54) is 12.0 Å². The summed E-state index contributed by atoms with van der Waals surface area (Å²) in [7, 11) is 1.50. The van der Waals surface area contributed by atoms with Crippen molar-refractivity contribution < 1.29 is 38.5 Å². The molecule has 0 aromatic heterocycles. The zero-order chi connectivity index (χ0) is 39.9. The number of amides is 3. The van der Waals surface area contributed by atoms with Crippen LogP contribution < -0.4 is 15.1 Å². The minimum Gasteiger partial charge on any atom is -0.455 e. The molecule has 5 rings (SSSR count). The van der Waals surface area contributed by atoms with Gasteiger partial charge in [0.2, 0.25) is 11.8 Å². The van der Waals surface area contributed by atoms with Gasteiger partial charge in [0.25, 0.3) is 5.91 Å². The van der Waals surface area contributed by atoms with Crippen LogP contribution in [0, 0.1) is 11.8 Å². The number of rotatable bonds is 20. The van der Waals surface area contributed by atoms with E-state index in [1.54, 1.807) is 29.2 Å². The average molecular weight is 824 g/mol. The van der Waals surface area contributed by atoms with Gasteiger partial charge >= 0.3 is 5.97 Å². The minimum atomic E-state index is -1.40. The zero-order valence-corrected chi connectivity index (χ0v) is 33.9. The summed E-state index contributed by atoms with van der Waals surface area (Å²) in [4.78, 5) is 62.4. The number of hydrogen-bond donors (Lipinski definition) is 2. The lowest BCUT2D eigenvalue weighted by Gasteiger charge is -2.39. The third-order valence-corrected chi connectivity index (χ3v) is 12.0. The van der Waals surface area contributed by atoms with Crippen LogP contribution in [-0.4, -0.2) is 108 Å². The van der Waals surface area contributed by atoms with Crippen LogP contribution in [0.4, 0.5) is 11.4 Å². The molecule has 2 aromatic rings. The second-order valence-corrected chi connectivity index (χ2v) is 15.5. The fourth-order valence-corrected chi connectivity index (χ4v) is 9.52. The number of aliphatic hydroxyl groups excluding tert-OH is 1. The Bertz CT molecular complexity index is 1670. The lowest BCUT2D eigenvalue weighted by atomic mass is 9.70. The van der Waals surface area contributed by atoms with Crippen LogP contribution in [0.25, 0.3) is 0 Å².